The summed E-state index contributed by atoms with van der Waals surface area (Å²) in [6.45, 7) is 0. The first-order chi connectivity index (χ1) is 10.2. The molecule has 0 radical (unpaired) electrons. The molecule has 106 valence electrons. The minimum Gasteiger partial charge on any atom is -0.508 e. The number of nitrogens with two attached hydrogens (primary N) is 1. The van der Waals surface area contributed by atoms with Gasteiger partial charge >= 0.3 is 0 Å². The second-order valence-corrected chi connectivity index (χ2v) is 4.65. The lowest BCUT2D eigenvalue weighted by Crippen LogP contribution is -2.13. The van der Waals surface area contributed by atoms with Gasteiger partial charge in [0.1, 0.15) is 11.4 Å². The highest BCUT2D eigenvalue weighted by atomic mass is 16.5. The molecule has 2 aromatic heterocycles. The number of aromatic nitrogens is 3. The van der Waals surface area contributed by atoms with E-state index in [1.165, 1.54) is 0 Å². The van der Waals surface area contributed by atoms with Gasteiger partial charge < -0.3 is 15.4 Å². The molecule has 0 aliphatic carbocycles. The van der Waals surface area contributed by atoms with Gasteiger partial charge in [0, 0.05) is 6.20 Å². The second-order valence-electron chi connectivity index (χ2n) is 4.65. The Bertz CT molecular complexity index is 710. The molecule has 0 fully saturated rings. The van der Waals surface area contributed by atoms with Gasteiger partial charge in [-0.15, -0.1) is 0 Å². The Labute approximate surface area is 121 Å². The zero-order chi connectivity index (χ0) is 14.7. The van der Waals surface area contributed by atoms with Crippen molar-refractivity contribution in [1.29, 1.82) is 0 Å². The fourth-order valence-electron chi connectivity index (χ4n) is 1.96. The zero-order valence-corrected chi connectivity index (χ0v) is 11.2. The summed E-state index contributed by atoms with van der Waals surface area (Å²) in [6.07, 6.45) is 2.21. The van der Waals surface area contributed by atoms with Crippen molar-refractivity contribution in [2.24, 2.45) is 5.73 Å². The van der Waals surface area contributed by atoms with Crippen LogP contribution < -0.4 is 5.73 Å². The number of phenols is 1. The summed E-state index contributed by atoms with van der Waals surface area (Å²) in [7, 11) is 0. The van der Waals surface area contributed by atoms with E-state index in [-0.39, 0.29) is 5.75 Å². The maximum atomic E-state index is 9.26. The summed E-state index contributed by atoms with van der Waals surface area (Å²) >= 11 is 0. The van der Waals surface area contributed by atoms with Gasteiger partial charge in [-0.3, -0.25) is 4.98 Å². The molecule has 1 aromatic carbocycles. The number of nitrogens with zero attached hydrogens (tertiary/aromatic N) is 3. The van der Waals surface area contributed by atoms with Crippen LogP contribution in [0.4, 0.5) is 0 Å². The minimum atomic E-state index is -0.403. The lowest BCUT2D eigenvalue weighted by Gasteiger charge is -2.06. The second kappa shape index (κ2) is 5.72. The highest BCUT2D eigenvalue weighted by Gasteiger charge is 2.16. The molecule has 21 heavy (non-hydrogen) atoms. The molecule has 6 heteroatoms. The van der Waals surface area contributed by atoms with Crippen molar-refractivity contribution in [3.05, 3.63) is 60.1 Å². The third-order valence-corrected chi connectivity index (χ3v) is 3.04. The van der Waals surface area contributed by atoms with Crippen LogP contribution in [0.2, 0.25) is 0 Å². The number of aromatic hydroxyl groups is 1. The summed E-state index contributed by atoms with van der Waals surface area (Å²) in [5.74, 6) is 1.01. The molecule has 2 heterocycles. The lowest BCUT2D eigenvalue weighted by atomic mass is 10.1. The third kappa shape index (κ3) is 3.06. The summed E-state index contributed by atoms with van der Waals surface area (Å²) < 4.78 is 5.20. The topological polar surface area (TPSA) is 98.1 Å². The van der Waals surface area contributed by atoms with Gasteiger partial charge in [0.2, 0.25) is 11.7 Å². The van der Waals surface area contributed by atoms with Crippen LogP contribution in [0.5, 0.6) is 5.75 Å². The van der Waals surface area contributed by atoms with Crippen LogP contribution in [0.15, 0.2) is 53.2 Å². The maximum absolute atomic E-state index is 9.26. The normalized spacial score (nSPS) is 12.2. The molecular weight excluding hydrogens is 268 g/mol. The van der Waals surface area contributed by atoms with Gasteiger partial charge in [-0.05, 0) is 36.2 Å². The van der Waals surface area contributed by atoms with E-state index >= 15 is 0 Å². The lowest BCUT2D eigenvalue weighted by molar-refractivity contribution is 0.354. The van der Waals surface area contributed by atoms with Crippen LogP contribution in [0.1, 0.15) is 17.5 Å². The summed E-state index contributed by atoms with van der Waals surface area (Å²) in [5.41, 5.74) is 7.70. The Morgan fingerprint density at radius 2 is 1.95 bits per heavy atom. The van der Waals surface area contributed by atoms with Crippen molar-refractivity contribution in [2.45, 2.75) is 12.5 Å². The largest absolute Gasteiger partial charge is 0.508 e. The van der Waals surface area contributed by atoms with Crippen LogP contribution in [0.3, 0.4) is 0 Å². The molecule has 3 rings (SSSR count). The Kier molecular flexibility index (Phi) is 3.61. The first-order valence-corrected chi connectivity index (χ1v) is 6.51. The predicted molar refractivity (Wildman–Crippen MR) is 76.3 cm³/mol. The van der Waals surface area contributed by atoms with E-state index in [1.54, 1.807) is 24.4 Å². The quantitative estimate of drug-likeness (QED) is 0.760. The average Bonchev–Trinajstić information content (AvgIpc) is 3.00. The standard InChI is InChI=1S/C15H14N4O2/c16-12(9-10-4-6-11(20)7-5-10)15-18-14(19-21-15)13-3-1-2-8-17-13/h1-8,12,20H,9,16H2/t12-/m1/s1. The molecule has 3 aromatic rings. The van der Waals surface area contributed by atoms with E-state index < -0.39 is 6.04 Å². The van der Waals surface area contributed by atoms with Gasteiger partial charge in [0.05, 0.1) is 6.04 Å². The molecule has 0 amide bonds. The van der Waals surface area contributed by atoms with Crippen LogP contribution >= 0.6 is 0 Å². The van der Waals surface area contributed by atoms with Gasteiger partial charge in [-0.25, -0.2) is 0 Å². The SMILES string of the molecule is N[C@H](Cc1ccc(O)cc1)c1nc(-c2ccccn2)no1. The molecule has 0 spiro atoms. The van der Waals surface area contributed by atoms with E-state index in [0.29, 0.717) is 23.8 Å². The monoisotopic (exact) mass is 282 g/mol. The van der Waals surface area contributed by atoms with E-state index in [4.69, 9.17) is 10.3 Å². The van der Waals surface area contributed by atoms with Gasteiger partial charge in [-0.1, -0.05) is 23.4 Å². The van der Waals surface area contributed by atoms with Gasteiger partial charge in [-0.2, -0.15) is 4.98 Å². The van der Waals surface area contributed by atoms with Crippen molar-refractivity contribution >= 4 is 0 Å². The van der Waals surface area contributed by atoms with Crippen LogP contribution in [0.25, 0.3) is 11.5 Å². The van der Waals surface area contributed by atoms with E-state index in [9.17, 15) is 5.11 Å². The average molecular weight is 282 g/mol. The van der Waals surface area contributed by atoms with Crippen molar-refractivity contribution in [2.75, 3.05) is 0 Å². The van der Waals surface area contributed by atoms with Crippen molar-refractivity contribution in [3.8, 4) is 17.3 Å². The third-order valence-electron chi connectivity index (χ3n) is 3.04. The van der Waals surface area contributed by atoms with Crippen LogP contribution in [0, 0.1) is 0 Å². The summed E-state index contributed by atoms with van der Waals surface area (Å²) in [6, 6.07) is 11.9. The number of phenolic OH excluding ortho intramolecular Hbond substituents is 1. The number of hydrogen-bond acceptors (Lipinski definition) is 6. The van der Waals surface area contributed by atoms with Crippen LogP contribution in [-0.4, -0.2) is 20.2 Å². The van der Waals surface area contributed by atoms with Crippen molar-refractivity contribution in [1.82, 2.24) is 15.1 Å². The van der Waals surface area contributed by atoms with Gasteiger partial charge in [0.25, 0.3) is 0 Å². The first-order valence-electron chi connectivity index (χ1n) is 6.51. The van der Waals surface area contributed by atoms with E-state index in [0.717, 1.165) is 5.56 Å². The summed E-state index contributed by atoms with van der Waals surface area (Å²) in [5, 5.41) is 13.2. The Hall–Kier alpha value is -2.73. The van der Waals surface area contributed by atoms with Gasteiger partial charge in [0.15, 0.2) is 0 Å². The molecule has 0 saturated heterocycles. The predicted octanol–water partition coefficient (Wildman–Crippen LogP) is 2.08. The summed E-state index contributed by atoms with van der Waals surface area (Å²) in [4.78, 5) is 8.44. The molecule has 0 bridgehead atoms. The molecule has 0 unspecified atom stereocenters. The number of hydrogen-bond donors (Lipinski definition) is 2. The Balaban J connectivity index is 1.75. The van der Waals surface area contributed by atoms with E-state index in [2.05, 4.69) is 15.1 Å². The molecule has 6 nitrogen and oxygen atoms in total. The fourth-order valence-corrected chi connectivity index (χ4v) is 1.96. The van der Waals surface area contributed by atoms with Crippen molar-refractivity contribution in [3.63, 3.8) is 0 Å². The molecule has 0 saturated carbocycles. The zero-order valence-electron chi connectivity index (χ0n) is 11.2. The molecule has 0 aliphatic heterocycles. The minimum absolute atomic E-state index is 0.225. The Morgan fingerprint density at radius 3 is 2.67 bits per heavy atom. The first kappa shape index (κ1) is 13.3. The number of benzene rings is 1. The molecule has 0 aliphatic rings. The van der Waals surface area contributed by atoms with Crippen LogP contribution in [-0.2, 0) is 6.42 Å². The molecule has 1 atom stereocenters. The fraction of sp³-hybridized carbons (Fsp3) is 0.133. The number of rotatable bonds is 4. The maximum Gasteiger partial charge on any atom is 0.244 e. The number of pyridine rings is 1. The Morgan fingerprint density at radius 1 is 1.14 bits per heavy atom. The molecule has 3 N–H and O–H groups in total. The van der Waals surface area contributed by atoms with E-state index in [1.807, 2.05) is 24.3 Å². The highest BCUT2D eigenvalue weighted by Crippen LogP contribution is 2.19. The van der Waals surface area contributed by atoms with Crippen molar-refractivity contribution < 1.29 is 9.63 Å². The highest BCUT2D eigenvalue weighted by molar-refractivity contribution is 5.47. The molecular formula is C15H14N4O2. The smallest absolute Gasteiger partial charge is 0.244 e.